The Balaban J connectivity index is 1.91. The molecule has 0 aromatic heterocycles. The summed E-state index contributed by atoms with van der Waals surface area (Å²) in [7, 11) is 0. The van der Waals surface area contributed by atoms with E-state index in [9.17, 15) is 14.4 Å². The van der Waals surface area contributed by atoms with Crippen LogP contribution in [0.4, 0.5) is 0 Å². The average Bonchev–Trinajstić information content (AvgIpc) is 2.73. The van der Waals surface area contributed by atoms with Crippen molar-refractivity contribution in [1.82, 2.24) is 10.2 Å². The zero-order chi connectivity index (χ0) is 13.1. The van der Waals surface area contributed by atoms with Gasteiger partial charge in [-0.15, -0.1) is 0 Å². The third kappa shape index (κ3) is 2.79. The number of carbonyl (C=O) groups is 3. The van der Waals surface area contributed by atoms with Gasteiger partial charge in [0.1, 0.15) is 6.10 Å². The Kier molecular flexibility index (Phi) is 3.81. The van der Waals surface area contributed by atoms with Gasteiger partial charge in [0.2, 0.25) is 5.91 Å². The van der Waals surface area contributed by atoms with Gasteiger partial charge >= 0.3 is 5.97 Å². The number of rotatable bonds is 2. The van der Waals surface area contributed by atoms with Gasteiger partial charge in [-0.25, -0.2) is 4.79 Å². The van der Waals surface area contributed by atoms with Crippen molar-refractivity contribution in [3.63, 3.8) is 0 Å². The summed E-state index contributed by atoms with van der Waals surface area (Å²) in [6.07, 6.45) is -0.504. The van der Waals surface area contributed by atoms with Crippen LogP contribution in [0.1, 0.15) is 19.3 Å². The molecule has 7 nitrogen and oxygen atoms in total. The Bertz CT molecular complexity index is 370. The first-order chi connectivity index (χ1) is 8.58. The fourth-order valence-electron chi connectivity index (χ4n) is 2.19. The molecule has 0 radical (unpaired) electrons. The first-order valence-electron chi connectivity index (χ1n) is 6.01. The lowest BCUT2D eigenvalue weighted by Crippen LogP contribution is -2.41. The highest BCUT2D eigenvalue weighted by atomic mass is 16.5. The zero-order valence-electron chi connectivity index (χ0n) is 9.92. The minimum Gasteiger partial charge on any atom is -0.479 e. The lowest BCUT2D eigenvalue weighted by molar-refractivity contribution is -0.154. The molecular formula is C11H16N2O5. The third-order valence-electron chi connectivity index (χ3n) is 3.19. The summed E-state index contributed by atoms with van der Waals surface area (Å²) in [5.74, 6) is -1.31. The molecule has 2 rings (SSSR count). The van der Waals surface area contributed by atoms with Crippen molar-refractivity contribution in [2.75, 3.05) is 19.6 Å². The standard InChI is InChI=1S/C11H16N2O5/c14-9-3-5-13(6-4-12-9)10(15)7-1-2-8(18-7)11(16)17/h7-8H,1-6H2,(H,12,14)(H,16,17). The van der Waals surface area contributed by atoms with Crippen LogP contribution in [0.5, 0.6) is 0 Å². The second kappa shape index (κ2) is 5.34. The lowest BCUT2D eigenvalue weighted by Gasteiger charge is -2.22. The van der Waals surface area contributed by atoms with Gasteiger partial charge in [-0.3, -0.25) is 9.59 Å². The van der Waals surface area contributed by atoms with Crippen LogP contribution in [0.3, 0.4) is 0 Å². The lowest BCUT2D eigenvalue weighted by atomic mass is 10.2. The van der Waals surface area contributed by atoms with Crippen molar-refractivity contribution in [1.29, 1.82) is 0 Å². The summed E-state index contributed by atoms with van der Waals surface area (Å²) in [6, 6.07) is 0. The Hall–Kier alpha value is -1.63. The van der Waals surface area contributed by atoms with E-state index in [-0.39, 0.29) is 18.2 Å². The Labute approximate surface area is 104 Å². The summed E-state index contributed by atoms with van der Waals surface area (Å²) < 4.78 is 5.21. The molecule has 2 aliphatic heterocycles. The highest BCUT2D eigenvalue weighted by Gasteiger charge is 2.37. The van der Waals surface area contributed by atoms with Crippen LogP contribution in [0.2, 0.25) is 0 Å². The summed E-state index contributed by atoms with van der Waals surface area (Å²) in [4.78, 5) is 35.6. The maximum Gasteiger partial charge on any atom is 0.332 e. The summed E-state index contributed by atoms with van der Waals surface area (Å²) >= 11 is 0. The molecule has 0 aromatic rings. The molecule has 0 aliphatic carbocycles. The third-order valence-corrected chi connectivity index (χ3v) is 3.19. The number of nitrogens with zero attached hydrogens (tertiary/aromatic N) is 1. The molecule has 0 saturated carbocycles. The number of hydrogen-bond donors (Lipinski definition) is 2. The number of aliphatic carboxylic acids is 1. The van der Waals surface area contributed by atoms with Gasteiger partial charge in [0.15, 0.2) is 6.10 Å². The van der Waals surface area contributed by atoms with Gasteiger partial charge in [0, 0.05) is 26.1 Å². The van der Waals surface area contributed by atoms with Crippen LogP contribution >= 0.6 is 0 Å². The van der Waals surface area contributed by atoms with E-state index >= 15 is 0 Å². The quantitative estimate of drug-likeness (QED) is 0.658. The Morgan fingerprint density at radius 1 is 1.28 bits per heavy atom. The molecule has 2 heterocycles. The zero-order valence-corrected chi connectivity index (χ0v) is 9.92. The summed E-state index contributed by atoms with van der Waals surface area (Å²) in [5, 5.41) is 11.5. The fourth-order valence-corrected chi connectivity index (χ4v) is 2.19. The predicted molar refractivity (Wildman–Crippen MR) is 59.7 cm³/mol. The number of ether oxygens (including phenoxy) is 1. The molecule has 2 N–H and O–H groups in total. The van der Waals surface area contributed by atoms with Crippen LogP contribution in [-0.4, -0.2) is 59.6 Å². The van der Waals surface area contributed by atoms with Gasteiger partial charge in [0.05, 0.1) is 0 Å². The van der Waals surface area contributed by atoms with Crippen molar-refractivity contribution in [3.8, 4) is 0 Å². The van der Waals surface area contributed by atoms with Gasteiger partial charge in [-0.1, -0.05) is 0 Å². The molecule has 2 unspecified atom stereocenters. The van der Waals surface area contributed by atoms with E-state index in [0.29, 0.717) is 32.5 Å². The molecular weight excluding hydrogens is 240 g/mol. The SMILES string of the molecule is O=C1CCN(C(=O)C2CCC(C(=O)O)O2)CCN1. The van der Waals surface area contributed by atoms with Crippen molar-refractivity contribution in [2.45, 2.75) is 31.5 Å². The number of carboxylic acid groups (broad SMARTS) is 1. The van der Waals surface area contributed by atoms with Crippen molar-refractivity contribution < 1.29 is 24.2 Å². The second-order valence-corrected chi connectivity index (χ2v) is 4.45. The van der Waals surface area contributed by atoms with Crippen molar-refractivity contribution in [3.05, 3.63) is 0 Å². The predicted octanol–water partition coefficient (Wildman–Crippen LogP) is -1.03. The van der Waals surface area contributed by atoms with E-state index in [4.69, 9.17) is 9.84 Å². The average molecular weight is 256 g/mol. The monoisotopic (exact) mass is 256 g/mol. The number of carbonyl (C=O) groups excluding carboxylic acids is 2. The van der Waals surface area contributed by atoms with E-state index in [1.165, 1.54) is 0 Å². The molecule has 18 heavy (non-hydrogen) atoms. The minimum atomic E-state index is -1.03. The van der Waals surface area contributed by atoms with E-state index in [1.807, 2.05) is 0 Å². The molecule has 0 aromatic carbocycles. The highest BCUT2D eigenvalue weighted by Crippen LogP contribution is 2.21. The van der Waals surface area contributed by atoms with E-state index < -0.39 is 18.2 Å². The normalized spacial score (nSPS) is 28.7. The number of amides is 2. The maximum absolute atomic E-state index is 12.1. The molecule has 0 spiro atoms. The molecule has 2 aliphatic rings. The summed E-state index contributed by atoms with van der Waals surface area (Å²) in [6.45, 7) is 1.24. The summed E-state index contributed by atoms with van der Waals surface area (Å²) in [5.41, 5.74) is 0. The first-order valence-corrected chi connectivity index (χ1v) is 6.01. The van der Waals surface area contributed by atoms with Gasteiger partial charge in [-0.2, -0.15) is 0 Å². The fraction of sp³-hybridized carbons (Fsp3) is 0.727. The van der Waals surface area contributed by atoms with E-state index in [2.05, 4.69) is 5.32 Å². The second-order valence-electron chi connectivity index (χ2n) is 4.45. The number of carboxylic acids is 1. The van der Waals surface area contributed by atoms with Gasteiger partial charge in [0.25, 0.3) is 5.91 Å². The van der Waals surface area contributed by atoms with Gasteiger partial charge < -0.3 is 20.1 Å². The van der Waals surface area contributed by atoms with Crippen LogP contribution in [0, 0.1) is 0 Å². The molecule has 2 atom stereocenters. The Morgan fingerprint density at radius 2 is 2.00 bits per heavy atom. The smallest absolute Gasteiger partial charge is 0.332 e. The highest BCUT2D eigenvalue weighted by molar-refractivity contribution is 5.84. The van der Waals surface area contributed by atoms with Crippen LogP contribution < -0.4 is 5.32 Å². The topological polar surface area (TPSA) is 95.9 Å². The van der Waals surface area contributed by atoms with Crippen LogP contribution in [-0.2, 0) is 19.1 Å². The molecule has 2 amide bonds. The molecule has 7 heteroatoms. The number of hydrogen-bond acceptors (Lipinski definition) is 4. The van der Waals surface area contributed by atoms with Crippen LogP contribution in [0.15, 0.2) is 0 Å². The van der Waals surface area contributed by atoms with Gasteiger partial charge in [-0.05, 0) is 12.8 Å². The van der Waals surface area contributed by atoms with E-state index in [0.717, 1.165) is 0 Å². The number of nitrogens with one attached hydrogen (secondary N) is 1. The molecule has 0 bridgehead atoms. The molecule has 2 saturated heterocycles. The first kappa shape index (κ1) is 12.8. The maximum atomic E-state index is 12.1. The Morgan fingerprint density at radius 3 is 2.67 bits per heavy atom. The van der Waals surface area contributed by atoms with Crippen molar-refractivity contribution >= 4 is 17.8 Å². The van der Waals surface area contributed by atoms with E-state index in [1.54, 1.807) is 4.90 Å². The largest absolute Gasteiger partial charge is 0.479 e. The molecule has 2 fully saturated rings. The minimum absolute atomic E-state index is 0.0685. The van der Waals surface area contributed by atoms with Crippen molar-refractivity contribution in [2.24, 2.45) is 0 Å². The molecule has 100 valence electrons. The van der Waals surface area contributed by atoms with Crippen LogP contribution in [0.25, 0.3) is 0 Å².